The van der Waals surface area contributed by atoms with Gasteiger partial charge in [0.15, 0.2) is 0 Å². The van der Waals surface area contributed by atoms with Gasteiger partial charge >= 0.3 is 0 Å². The van der Waals surface area contributed by atoms with E-state index in [1.54, 1.807) is 0 Å². The molecular weight excluding hydrogens is 304 g/mol. The van der Waals surface area contributed by atoms with Crippen molar-refractivity contribution in [1.82, 2.24) is 5.32 Å². The first-order valence-electron chi connectivity index (χ1n) is 7.01. The van der Waals surface area contributed by atoms with E-state index >= 15 is 0 Å². The van der Waals surface area contributed by atoms with E-state index in [4.69, 9.17) is 0 Å². The highest BCUT2D eigenvalue weighted by molar-refractivity contribution is 9.10. The van der Waals surface area contributed by atoms with Crippen LogP contribution in [0.4, 0.5) is 5.69 Å². The second-order valence-electron chi connectivity index (χ2n) is 5.55. The summed E-state index contributed by atoms with van der Waals surface area (Å²) in [7, 11) is 0. The van der Waals surface area contributed by atoms with Crippen LogP contribution in [0.3, 0.4) is 0 Å². The van der Waals surface area contributed by atoms with Crippen molar-refractivity contribution in [2.24, 2.45) is 0 Å². The zero-order valence-electron chi connectivity index (χ0n) is 11.7. The largest absolute Gasteiger partial charge is 0.391 e. The van der Waals surface area contributed by atoms with E-state index in [-0.39, 0.29) is 6.10 Å². The predicted molar refractivity (Wildman–Crippen MR) is 83.6 cm³/mol. The van der Waals surface area contributed by atoms with Crippen LogP contribution < -0.4 is 10.2 Å². The number of nitrogens with one attached hydrogen (secondary N) is 1. The maximum absolute atomic E-state index is 9.84. The molecule has 19 heavy (non-hydrogen) atoms. The Labute approximate surface area is 124 Å². The molecule has 1 saturated heterocycles. The minimum Gasteiger partial charge on any atom is -0.391 e. The van der Waals surface area contributed by atoms with Crippen molar-refractivity contribution in [3.05, 3.63) is 28.2 Å². The third kappa shape index (κ3) is 4.20. The number of aliphatic hydroxyl groups excluding tert-OH is 1. The molecule has 0 aromatic heterocycles. The molecule has 1 aromatic carbocycles. The Morgan fingerprint density at radius 3 is 2.95 bits per heavy atom. The van der Waals surface area contributed by atoms with Gasteiger partial charge in [-0.15, -0.1) is 0 Å². The molecule has 1 aliphatic rings. The molecule has 1 heterocycles. The number of hydrogen-bond acceptors (Lipinski definition) is 3. The summed E-state index contributed by atoms with van der Waals surface area (Å²) in [6.07, 6.45) is 1.80. The lowest BCUT2D eigenvalue weighted by molar-refractivity contribution is 0.154. The van der Waals surface area contributed by atoms with Crippen LogP contribution in [-0.4, -0.2) is 30.3 Å². The zero-order valence-corrected chi connectivity index (χ0v) is 13.3. The quantitative estimate of drug-likeness (QED) is 0.893. The van der Waals surface area contributed by atoms with E-state index in [0.717, 1.165) is 36.9 Å². The molecule has 0 spiro atoms. The lowest BCUT2D eigenvalue weighted by atomic mass is 10.1. The molecule has 1 unspecified atom stereocenters. The first-order valence-corrected chi connectivity index (χ1v) is 7.80. The van der Waals surface area contributed by atoms with Gasteiger partial charge in [-0.2, -0.15) is 0 Å². The number of hydrogen-bond donors (Lipinski definition) is 2. The Kier molecular flexibility index (Phi) is 5.25. The lowest BCUT2D eigenvalue weighted by Gasteiger charge is -2.33. The average molecular weight is 327 g/mol. The minimum absolute atomic E-state index is 0.191. The molecule has 1 aliphatic heterocycles. The van der Waals surface area contributed by atoms with Gasteiger partial charge < -0.3 is 15.3 Å². The van der Waals surface area contributed by atoms with Gasteiger partial charge in [0, 0.05) is 35.8 Å². The number of β-amino-alcohol motifs (C(OH)–C–C–N with tert-alkyl or cyclic N) is 1. The molecule has 0 radical (unpaired) electrons. The van der Waals surface area contributed by atoms with Gasteiger partial charge in [-0.3, -0.25) is 0 Å². The summed E-state index contributed by atoms with van der Waals surface area (Å²) in [5, 5.41) is 13.3. The van der Waals surface area contributed by atoms with Crippen LogP contribution in [0.15, 0.2) is 22.7 Å². The molecule has 1 aromatic rings. The Morgan fingerprint density at radius 2 is 2.26 bits per heavy atom. The van der Waals surface area contributed by atoms with Crippen LogP contribution in [0.5, 0.6) is 0 Å². The smallest absolute Gasteiger partial charge is 0.0715 e. The van der Waals surface area contributed by atoms with E-state index in [1.165, 1.54) is 11.3 Å². The number of anilines is 1. The number of halogens is 1. The average Bonchev–Trinajstić information content (AvgIpc) is 2.36. The van der Waals surface area contributed by atoms with E-state index in [2.05, 4.69) is 58.2 Å². The fourth-order valence-corrected chi connectivity index (χ4v) is 2.90. The topological polar surface area (TPSA) is 35.5 Å². The second-order valence-corrected chi connectivity index (χ2v) is 6.47. The van der Waals surface area contributed by atoms with Crippen LogP contribution in [0.1, 0.15) is 32.3 Å². The molecule has 0 saturated carbocycles. The number of nitrogens with zero attached hydrogens (tertiary/aromatic N) is 1. The van der Waals surface area contributed by atoms with Crippen molar-refractivity contribution in [3.63, 3.8) is 0 Å². The summed E-state index contributed by atoms with van der Waals surface area (Å²) >= 11 is 3.54. The monoisotopic (exact) mass is 326 g/mol. The lowest BCUT2D eigenvalue weighted by Crippen LogP contribution is -2.39. The van der Waals surface area contributed by atoms with Crippen LogP contribution >= 0.6 is 15.9 Å². The van der Waals surface area contributed by atoms with Crippen molar-refractivity contribution in [3.8, 4) is 0 Å². The van der Waals surface area contributed by atoms with Gasteiger partial charge in [-0.1, -0.05) is 29.8 Å². The summed E-state index contributed by atoms with van der Waals surface area (Å²) in [5.74, 6) is 0. The van der Waals surface area contributed by atoms with Crippen LogP contribution in [-0.2, 0) is 6.54 Å². The Balaban J connectivity index is 2.18. The van der Waals surface area contributed by atoms with Gasteiger partial charge in [0.25, 0.3) is 0 Å². The zero-order chi connectivity index (χ0) is 13.8. The summed E-state index contributed by atoms with van der Waals surface area (Å²) in [4.78, 5) is 2.30. The fourth-order valence-electron chi connectivity index (χ4n) is 2.49. The normalized spacial score (nSPS) is 20.1. The molecule has 1 fully saturated rings. The van der Waals surface area contributed by atoms with Gasteiger partial charge in [0.05, 0.1) is 6.10 Å². The van der Waals surface area contributed by atoms with Crippen LogP contribution in [0, 0.1) is 0 Å². The molecule has 0 aliphatic carbocycles. The molecule has 4 heteroatoms. The summed E-state index contributed by atoms with van der Waals surface area (Å²) < 4.78 is 1.11. The molecule has 106 valence electrons. The minimum atomic E-state index is -0.191. The van der Waals surface area contributed by atoms with E-state index in [1.807, 2.05) is 0 Å². The SMILES string of the molecule is CC(C)NCc1cc(Br)ccc1N1CCCC(O)C1. The van der Waals surface area contributed by atoms with Crippen molar-refractivity contribution in [1.29, 1.82) is 0 Å². The third-order valence-corrected chi connectivity index (χ3v) is 3.97. The summed E-state index contributed by atoms with van der Waals surface area (Å²) in [6.45, 7) is 6.95. The number of aliphatic hydroxyl groups is 1. The Morgan fingerprint density at radius 1 is 1.47 bits per heavy atom. The summed E-state index contributed by atoms with van der Waals surface area (Å²) in [5.41, 5.74) is 2.53. The highest BCUT2D eigenvalue weighted by Crippen LogP contribution is 2.27. The van der Waals surface area contributed by atoms with Crippen LogP contribution in [0.25, 0.3) is 0 Å². The van der Waals surface area contributed by atoms with Gasteiger partial charge in [-0.05, 0) is 36.6 Å². The molecular formula is C15H23BrN2O. The van der Waals surface area contributed by atoms with Gasteiger partial charge in [0.1, 0.15) is 0 Å². The molecule has 3 nitrogen and oxygen atoms in total. The molecule has 1 atom stereocenters. The van der Waals surface area contributed by atoms with E-state index < -0.39 is 0 Å². The van der Waals surface area contributed by atoms with Crippen molar-refractivity contribution in [2.75, 3.05) is 18.0 Å². The first-order chi connectivity index (χ1) is 9.06. The maximum atomic E-state index is 9.84. The molecule has 0 amide bonds. The van der Waals surface area contributed by atoms with Crippen molar-refractivity contribution in [2.45, 2.75) is 45.4 Å². The standard InChI is InChI=1S/C15H23BrN2O/c1-11(2)17-9-12-8-13(16)5-6-15(12)18-7-3-4-14(19)10-18/h5-6,8,11,14,17,19H,3-4,7,9-10H2,1-2H3. The molecule has 2 rings (SSSR count). The Hall–Kier alpha value is -0.580. The van der Waals surface area contributed by atoms with E-state index in [0.29, 0.717) is 6.04 Å². The Bertz CT molecular complexity index is 423. The molecule has 0 bridgehead atoms. The number of piperidine rings is 1. The first kappa shape index (κ1) is 14.8. The van der Waals surface area contributed by atoms with Gasteiger partial charge in [0.2, 0.25) is 0 Å². The van der Waals surface area contributed by atoms with E-state index in [9.17, 15) is 5.11 Å². The highest BCUT2D eigenvalue weighted by atomic mass is 79.9. The third-order valence-electron chi connectivity index (χ3n) is 3.48. The number of rotatable bonds is 4. The highest BCUT2D eigenvalue weighted by Gasteiger charge is 2.20. The fraction of sp³-hybridized carbons (Fsp3) is 0.600. The van der Waals surface area contributed by atoms with Crippen LogP contribution in [0.2, 0.25) is 0 Å². The number of benzene rings is 1. The van der Waals surface area contributed by atoms with Crippen molar-refractivity contribution < 1.29 is 5.11 Å². The summed E-state index contributed by atoms with van der Waals surface area (Å²) in [6, 6.07) is 6.87. The maximum Gasteiger partial charge on any atom is 0.0715 e. The molecule has 2 N–H and O–H groups in total. The second kappa shape index (κ2) is 6.73. The predicted octanol–water partition coefficient (Wildman–Crippen LogP) is 2.91. The van der Waals surface area contributed by atoms with Crippen molar-refractivity contribution >= 4 is 21.6 Å². The van der Waals surface area contributed by atoms with Gasteiger partial charge in [-0.25, -0.2) is 0 Å².